The zero-order chi connectivity index (χ0) is 16.4. The van der Waals surface area contributed by atoms with E-state index in [0.717, 1.165) is 33.6 Å². The van der Waals surface area contributed by atoms with E-state index in [1.165, 1.54) is 0 Å². The van der Waals surface area contributed by atoms with Crippen molar-refractivity contribution in [3.8, 4) is 33.6 Å². The molecule has 3 aromatic heterocycles. The number of H-pyrrole nitrogens is 1. The van der Waals surface area contributed by atoms with E-state index < -0.39 is 0 Å². The van der Waals surface area contributed by atoms with Crippen molar-refractivity contribution in [3.63, 3.8) is 0 Å². The highest BCUT2D eigenvalue weighted by Crippen LogP contribution is 2.38. The van der Waals surface area contributed by atoms with Crippen molar-refractivity contribution in [3.05, 3.63) is 78.3 Å². The average molecular weight is 333 g/mol. The molecule has 0 bridgehead atoms. The fourth-order valence-electron chi connectivity index (χ4n) is 2.69. The predicted molar refractivity (Wildman–Crippen MR) is 95.5 cm³/mol. The molecule has 1 aromatic carbocycles. The number of hydrogen-bond acceptors (Lipinski definition) is 3. The van der Waals surface area contributed by atoms with Gasteiger partial charge in [0.1, 0.15) is 5.69 Å². The molecular weight excluding hydrogens is 320 g/mol. The van der Waals surface area contributed by atoms with Crippen molar-refractivity contribution in [2.45, 2.75) is 0 Å². The second-order valence-corrected chi connectivity index (χ2v) is 5.74. The third kappa shape index (κ3) is 2.68. The van der Waals surface area contributed by atoms with Gasteiger partial charge in [0.05, 0.1) is 5.69 Å². The van der Waals surface area contributed by atoms with E-state index >= 15 is 0 Å². The van der Waals surface area contributed by atoms with Gasteiger partial charge in [-0.05, 0) is 42.0 Å². The van der Waals surface area contributed by atoms with Crippen LogP contribution in [0.2, 0.25) is 5.02 Å². The molecule has 116 valence electrons. The number of nitrogens with zero attached hydrogens (tertiary/aromatic N) is 3. The van der Waals surface area contributed by atoms with Crippen molar-refractivity contribution >= 4 is 11.6 Å². The fraction of sp³-hybridized carbons (Fsp3) is 0. The lowest BCUT2D eigenvalue weighted by Crippen LogP contribution is -1.86. The van der Waals surface area contributed by atoms with Gasteiger partial charge in [-0.15, -0.1) is 0 Å². The van der Waals surface area contributed by atoms with Gasteiger partial charge < -0.3 is 0 Å². The number of benzene rings is 1. The van der Waals surface area contributed by atoms with E-state index in [0.29, 0.717) is 5.02 Å². The first-order valence-electron chi connectivity index (χ1n) is 7.48. The Hall–Kier alpha value is -2.98. The van der Waals surface area contributed by atoms with Gasteiger partial charge in [0.2, 0.25) is 0 Å². The van der Waals surface area contributed by atoms with Crippen LogP contribution in [0.5, 0.6) is 0 Å². The highest BCUT2D eigenvalue weighted by molar-refractivity contribution is 6.30. The molecule has 0 aliphatic heterocycles. The molecular formula is C19H13ClN4. The van der Waals surface area contributed by atoms with Gasteiger partial charge in [-0.2, -0.15) is 5.10 Å². The Labute approximate surface area is 144 Å². The molecule has 5 heteroatoms. The van der Waals surface area contributed by atoms with Crippen LogP contribution in [0.4, 0.5) is 0 Å². The first-order chi connectivity index (χ1) is 11.8. The van der Waals surface area contributed by atoms with Gasteiger partial charge in [0, 0.05) is 46.5 Å². The standard InChI is InChI=1S/C19H13ClN4/c20-16-3-1-14(2-4-16)18-17(13-5-9-21-10-6-13)19(24-23-18)15-7-11-22-12-8-15/h1-12H,(H,23,24). The second kappa shape index (κ2) is 6.26. The molecule has 24 heavy (non-hydrogen) atoms. The number of pyridine rings is 2. The molecule has 0 aliphatic rings. The molecule has 3 heterocycles. The third-order valence-corrected chi connectivity index (χ3v) is 4.07. The molecule has 0 fully saturated rings. The van der Waals surface area contributed by atoms with Crippen LogP contribution < -0.4 is 0 Å². The lowest BCUT2D eigenvalue weighted by Gasteiger charge is -2.07. The van der Waals surface area contributed by atoms with Crippen LogP contribution in [0.15, 0.2) is 73.3 Å². The van der Waals surface area contributed by atoms with Crippen LogP contribution in [-0.4, -0.2) is 20.2 Å². The SMILES string of the molecule is Clc1ccc(-c2n[nH]c(-c3ccncc3)c2-c2ccncc2)cc1. The van der Waals surface area contributed by atoms with Gasteiger partial charge in [-0.1, -0.05) is 23.7 Å². The summed E-state index contributed by atoms with van der Waals surface area (Å²) in [5.41, 5.74) is 5.95. The van der Waals surface area contributed by atoms with Gasteiger partial charge in [0.15, 0.2) is 0 Å². The van der Waals surface area contributed by atoms with Crippen LogP contribution in [-0.2, 0) is 0 Å². The van der Waals surface area contributed by atoms with Crippen LogP contribution in [0.25, 0.3) is 33.6 Å². The van der Waals surface area contributed by atoms with Crippen LogP contribution in [0.3, 0.4) is 0 Å². The third-order valence-electron chi connectivity index (χ3n) is 3.82. The summed E-state index contributed by atoms with van der Waals surface area (Å²) in [5.74, 6) is 0. The van der Waals surface area contributed by atoms with Crippen molar-refractivity contribution in [2.75, 3.05) is 0 Å². The number of nitrogens with one attached hydrogen (secondary N) is 1. The molecule has 0 unspecified atom stereocenters. The first-order valence-corrected chi connectivity index (χ1v) is 7.86. The van der Waals surface area contributed by atoms with Crippen molar-refractivity contribution in [2.24, 2.45) is 0 Å². The van der Waals surface area contributed by atoms with Crippen molar-refractivity contribution in [1.82, 2.24) is 20.2 Å². The van der Waals surface area contributed by atoms with E-state index in [9.17, 15) is 0 Å². The summed E-state index contributed by atoms with van der Waals surface area (Å²) in [6.45, 7) is 0. The quantitative estimate of drug-likeness (QED) is 0.583. The summed E-state index contributed by atoms with van der Waals surface area (Å²) in [6, 6.07) is 15.6. The Morgan fingerprint density at radius 2 is 1.25 bits per heavy atom. The maximum absolute atomic E-state index is 6.01. The lowest BCUT2D eigenvalue weighted by atomic mass is 9.97. The van der Waals surface area contributed by atoms with Crippen molar-refractivity contribution in [1.29, 1.82) is 0 Å². The first kappa shape index (κ1) is 14.6. The van der Waals surface area contributed by atoms with E-state index in [1.807, 2.05) is 48.5 Å². The normalized spacial score (nSPS) is 10.7. The van der Waals surface area contributed by atoms with Crippen molar-refractivity contribution < 1.29 is 0 Å². The summed E-state index contributed by atoms with van der Waals surface area (Å²) in [5, 5.41) is 8.43. The second-order valence-electron chi connectivity index (χ2n) is 5.30. The molecule has 0 amide bonds. The number of aromatic nitrogens is 4. The van der Waals surface area contributed by atoms with E-state index in [2.05, 4.69) is 20.2 Å². The van der Waals surface area contributed by atoms with Crippen LogP contribution >= 0.6 is 11.6 Å². The number of rotatable bonds is 3. The molecule has 0 aliphatic carbocycles. The number of halogens is 1. The maximum Gasteiger partial charge on any atom is 0.101 e. The smallest absolute Gasteiger partial charge is 0.101 e. The molecule has 4 rings (SSSR count). The minimum Gasteiger partial charge on any atom is -0.277 e. The van der Waals surface area contributed by atoms with E-state index in [4.69, 9.17) is 11.6 Å². The summed E-state index contributed by atoms with van der Waals surface area (Å²) < 4.78 is 0. The highest BCUT2D eigenvalue weighted by atomic mass is 35.5. The summed E-state index contributed by atoms with van der Waals surface area (Å²) in [6.07, 6.45) is 7.11. The fourth-order valence-corrected chi connectivity index (χ4v) is 2.81. The van der Waals surface area contributed by atoms with Gasteiger partial charge >= 0.3 is 0 Å². The van der Waals surface area contributed by atoms with Gasteiger partial charge in [-0.25, -0.2) is 0 Å². The van der Waals surface area contributed by atoms with Crippen LogP contribution in [0, 0.1) is 0 Å². The minimum absolute atomic E-state index is 0.703. The Balaban J connectivity index is 1.95. The number of aromatic amines is 1. The molecule has 4 aromatic rings. The highest BCUT2D eigenvalue weighted by Gasteiger charge is 2.17. The molecule has 4 nitrogen and oxygen atoms in total. The van der Waals surface area contributed by atoms with Gasteiger partial charge in [0.25, 0.3) is 0 Å². The Morgan fingerprint density at radius 3 is 1.88 bits per heavy atom. The minimum atomic E-state index is 0.703. The Bertz CT molecular complexity index is 948. The monoisotopic (exact) mass is 332 g/mol. The molecule has 0 radical (unpaired) electrons. The summed E-state index contributed by atoms with van der Waals surface area (Å²) in [7, 11) is 0. The van der Waals surface area contributed by atoms with Crippen LogP contribution in [0.1, 0.15) is 0 Å². The van der Waals surface area contributed by atoms with Gasteiger partial charge in [-0.3, -0.25) is 15.1 Å². The van der Waals surface area contributed by atoms with E-state index in [1.54, 1.807) is 24.8 Å². The molecule has 1 N–H and O–H groups in total. The topological polar surface area (TPSA) is 54.5 Å². The zero-order valence-electron chi connectivity index (χ0n) is 12.6. The molecule has 0 saturated heterocycles. The molecule has 0 atom stereocenters. The predicted octanol–water partition coefficient (Wildman–Crippen LogP) is 4.85. The Morgan fingerprint density at radius 1 is 0.667 bits per heavy atom. The molecule has 0 spiro atoms. The largest absolute Gasteiger partial charge is 0.277 e. The Kier molecular flexibility index (Phi) is 3.81. The zero-order valence-corrected chi connectivity index (χ0v) is 13.4. The number of hydrogen-bond donors (Lipinski definition) is 1. The maximum atomic E-state index is 6.01. The summed E-state index contributed by atoms with van der Waals surface area (Å²) >= 11 is 6.01. The van der Waals surface area contributed by atoms with E-state index in [-0.39, 0.29) is 0 Å². The molecule has 0 saturated carbocycles. The summed E-state index contributed by atoms with van der Waals surface area (Å²) in [4.78, 5) is 8.20. The lowest BCUT2D eigenvalue weighted by molar-refractivity contribution is 1.10. The average Bonchev–Trinajstić information content (AvgIpc) is 3.09.